The van der Waals surface area contributed by atoms with Gasteiger partial charge in [0.2, 0.25) is 0 Å². The molecule has 1 amide bonds. The van der Waals surface area contributed by atoms with Crippen LogP contribution in [0.25, 0.3) is 22.4 Å². The Morgan fingerprint density at radius 3 is 2.09 bits per heavy atom. The topological polar surface area (TPSA) is 73.2 Å². The zero-order valence-corrected chi connectivity index (χ0v) is 18.6. The van der Waals surface area contributed by atoms with Crippen LogP contribution in [0.1, 0.15) is 22.8 Å². The molecule has 0 saturated carbocycles. The standard InChI is InChI=1S/C27H25N3O3/c1-3-30-27(32)24(26(31)28-18-19-14-16-22(33-2)17-15-19)23(20-10-6-4-7-11-20)25(29-30)21-12-8-5-9-13-21/h4-17H,3,18H2,1-2H3,(H,28,31). The maximum absolute atomic E-state index is 13.4. The molecule has 0 aliphatic rings. The summed E-state index contributed by atoms with van der Waals surface area (Å²) in [5, 5.41) is 7.54. The zero-order chi connectivity index (χ0) is 23.2. The van der Waals surface area contributed by atoms with Gasteiger partial charge in [0.05, 0.1) is 12.8 Å². The summed E-state index contributed by atoms with van der Waals surface area (Å²) in [6, 6.07) is 26.5. The van der Waals surface area contributed by atoms with Gasteiger partial charge in [-0.2, -0.15) is 5.10 Å². The number of rotatable bonds is 7. The Morgan fingerprint density at radius 2 is 1.52 bits per heavy atom. The van der Waals surface area contributed by atoms with Crippen molar-refractivity contribution < 1.29 is 9.53 Å². The van der Waals surface area contributed by atoms with E-state index in [9.17, 15) is 9.59 Å². The molecule has 0 radical (unpaired) electrons. The van der Waals surface area contributed by atoms with Crippen molar-refractivity contribution in [1.82, 2.24) is 15.1 Å². The molecule has 0 aliphatic carbocycles. The van der Waals surface area contributed by atoms with Gasteiger partial charge in [-0.3, -0.25) is 9.59 Å². The van der Waals surface area contributed by atoms with Crippen LogP contribution >= 0.6 is 0 Å². The fraction of sp³-hybridized carbons (Fsp3) is 0.148. The number of amides is 1. The van der Waals surface area contributed by atoms with Crippen LogP contribution in [0.2, 0.25) is 0 Å². The van der Waals surface area contributed by atoms with Gasteiger partial charge in [-0.1, -0.05) is 72.8 Å². The van der Waals surface area contributed by atoms with Crippen LogP contribution in [-0.4, -0.2) is 22.8 Å². The SMILES string of the molecule is CCn1nc(-c2ccccc2)c(-c2ccccc2)c(C(=O)NCc2ccc(OC)cc2)c1=O. The van der Waals surface area contributed by atoms with Crippen LogP contribution in [0.5, 0.6) is 5.75 Å². The lowest BCUT2D eigenvalue weighted by molar-refractivity contribution is 0.0949. The van der Waals surface area contributed by atoms with Crippen molar-refractivity contribution in [2.45, 2.75) is 20.0 Å². The van der Waals surface area contributed by atoms with E-state index in [4.69, 9.17) is 4.74 Å². The van der Waals surface area contributed by atoms with Crippen molar-refractivity contribution in [2.75, 3.05) is 7.11 Å². The maximum Gasteiger partial charge on any atom is 0.280 e. The van der Waals surface area contributed by atoms with Crippen LogP contribution in [0.4, 0.5) is 0 Å². The Morgan fingerprint density at radius 1 is 0.909 bits per heavy atom. The predicted octanol–water partition coefficient (Wildman–Crippen LogP) is 4.54. The third-order valence-electron chi connectivity index (χ3n) is 5.40. The number of methoxy groups -OCH3 is 1. The van der Waals surface area contributed by atoms with Crippen LogP contribution in [-0.2, 0) is 13.1 Å². The van der Waals surface area contributed by atoms with E-state index in [1.807, 2.05) is 91.9 Å². The lowest BCUT2D eigenvalue weighted by Crippen LogP contribution is -2.35. The Hall–Kier alpha value is -4.19. The number of nitrogens with one attached hydrogen (secondary N) is 1. The van der Waals surface area contributed by atoms with E-state index >= 15 is 0 Å². The second kappa shape index (κ2) is 9.96. The molecule has 4 aromatic rings. The van der Waals surface area contributed by atoms with E-state index in [0.717, 1.165) is 22.4 Å². The van der Waals surface area contributed by atoms with Crippen molar-refractivity contribution in [2.24, 2.45) is 0 Å². The number of carbonyl (C=O) groups is 1. The molecule has 33 heavy (non-hydrogen) atoms. The summed E-state index contributed by atoms with van der Waals surface area (Å²) in [5.41, 5.74) is 3.30. The first-order chi connectivity index (χ1) is 16.1. The number of aryl methyl sites for hydroxylation is 1. The molecule has 0 fully saturated rings. The molecule has 4 rings (SSSR count). The second-order valence-corrected chi connectivity index (χ2v) is 7.48. The van der Waals surface area contributed by atoms with Crippen molar-refractivity contribution in [3.8, 4) is 28.1 Å². The number of hydrogen-bond acceptors (Lipinski definition) is 4. The monoisotopic (exact) mass is 439 g/mol. The van der Waals surface area contributed by atoms with Gasteiger partial charge in [0.1, 0.15) is 11.3 Å². The van der Waals surface area contributed by atoms with Crippen molar-refractivity contribution in [1.29, 1.82) is 0 Å². The summed E-state index contributed by atoms with van der Waals surface area (Å²) in [6.07, 6.45) is 0. The number of benzene rings is 3. The van der Waals surface area contributed by atoms with Gasteiger partial charge in [-0.25, -0.2) is 4.68 Å². The highest BCUT2D eigenvalue weighted by atomic mass is 16.5. The Labute approximate surface area is 192 Å². The highest BCUT2D eigenvalue weighted by Crippen LogP contribution is 2.32. The number of hydrogen-bond donors (Lipinski definition) is 1. The maximum atomic E-state index is 13.4. The number of carbonyl (C=O) groups excluding carboxylic acids is 1. The van der Waals surface area contributed by atoms with Crippen LogP contribution in [0.15, 0.2) is 89.7 Å². The number of ether oxygens (including phenoxy) is 1. The van der Waals surface area contributed by atoms with E-state index in [1.165, 1.54) is 4.68 Å². The summed E-state index contributed by atoms with van der Waals surface area (Å²) in [6.45, 7) is 2.47. The van der Waals surface area contributed by atoms with Gasteiger partial charge in [0.25, 0.3) is 11.5 Å². The molecule has 1 aromatic heterocycles. The van der Waals surface area contributed by atoms with E-state index in [1.54, 1.807) is 7.11 Å². The number of nitrogens with zero attached hydrogens (tertiary/aromatic N) is 2. The lowest BCUT2D eigenvalue weighted by atomic mass is 9.95. The smallest absolute Gasteiger partial charge is 0.280 e. The Bertz CT molecular complexity index is 1300. The quantitative estimate of drug-likeness (QED) is 0.459. The van der Waals surface area contributed by atoms with Crippen molar-refractivity contribution >= 4 is 5.91 Å². The fourth-order valence-electron chi connectivity index (χ4n) is 3.69. The Balaban J connectivity index is 1.83. The van der Waals surface area contributed by atoms with E-state index in [0.29, 0.717) is 17.8 Å². The summed E-state index contributed by atoms with van der Waals surface area (Å²) in [5.74, 6) is 0.306. The average molecular weight is 440 g/mol. The summed E-state index contributed by atoms with van der Waals surface area (Å²) < 4.78 is 6.53. The molecule has 166 valence electrons. The van der Waals surface area contributed by atoms with Crippen molar-refractivity contribution in [3.63, 3.8) is 0 Å². The van der Waals surface area contributed by atoms with Gasteiger partial charge in [0.15, 0.2) is 0 Å². The molecule has 6 heteroatoms. The molecule has 0 spiro atoms. The molecule has 1 heterocycles. The summed E-state index contributed by atoms with van der Waals surface area (Å²) in [4.78, 5) is 26.8. The third-order valence-corrected chi connectivity index (χ3v) is 5.40. The number of aromatic nitrogens is 2. The molecule has 6 nitrogen and oxygen atoms in total. The first-order valence-corrected chi connectivity index (χ1v) is 10.8. The molecule has 3 aromatic carbocycles. The average Bonchev–Trinajstić information content (AvgIpc) is 2.88. The van der Waals surface area contributed by atoms with Gasteiger partial charge in [0, 0.05) is 24.2 Å². The molecule has 0 atom stereocenters. The minimum atomic E-state index is -0.434. The summed E-state index contributed by atoms with van der Waals surface area (Å²) >= 11 is 0. The minimum Gasteiger partial charge on any atom is -0.497 e. The van der Waals surface area contributed by atoms with E-state index < -0.39 is 11.5 Å². The van der Waals surface area contributed by atoms with Crippen molar-refractivity contribution in [3.05, 3.63) is 106 Å². The van der Waals surface area contributed by atoms with Crippen LogP contribution < -0.4 is 15.6 Å². The van der Waals surface area contributed by atoms with Gasteiger partial charge in [-0.05, 0) is 30.2 Å². The molecule has 0 bridgehead atoms. The third kappa shape index (κ3) is 4.70. The van der Waals surface area contributed by atoms with Crippen LogP contribution in [0, 0.1) is 0 Å². The molecule has 0 unspecified atom stereocenters. The highest BCUT2D eigenvalue weighted by Gasteiger charge is 2.24. The van der Waals surface area contributed by atoms with E-state index in [2.05, 4.69) is 10.4 Å². The summed E-state index contributed by atoms with van der Waals surface area (Å²) in [7, 11) is 1.61. The Kier molecular flexibility index (Phi) is 6.64. The zero-order valence-electron chi connectivity index (χ0n) is 18.6. The molecule has 0 aliphatic heterocycles. The molecule has 0 saturated heterocycles. The fourth-order valence-corrected chi connectivity index (χ4v) is 3.69. The van der Waals surface area contributed by atoms with E-state index in [-0.39, 0.29) is 12.1 Å². The van der Waals surface area contributed by atoms with Gasteiger partial charge < -0.3 is 10.1 Å². The second-order valence-electron chi connectivity index (χ2n) is 7.48. The first-order valence-electron chi connectivity index (χ1n) is 10.8. The highest BCUT2D eigenvalue weighted by molar-refractivity contribution is 6.03. The van der Waals surface area contributed by atoms with Gasteiger partial charge >= 0.3 is 0 Å². The normalized spacial score (nSPS) is 10.6. The van der Waals surface area contributed by atoms with Gasteiger partial charge in [-0.15, -0.1) is 0 Å². The minimum absolute atomic E-state index is 0.0883. The molecule has 1 N–H and O–H groups in total. The molecular formula is C27H25N3O3. The predicted molar refractivity (Wildman–Crippen MR) is 129 cm³/mol. The lowest BCUT2D eigenvalue weighted by Gasteiger charge is -2.17. The molecular weight excluding hydrogens is 414 g/mol. The first kappa shape index (κ1) is 22.0. The largest absolute Gasteiger partial charge is 0.497 e. The van der Waals surface area contributed by atoms with Crippen LogP contribution in [0.3, 0.4) is 0 Å².